The number of aromatic nitrogens is 2. The number of hydrogen-bond acceptors (Lipinski definition) is 4. The largest absolute Gasteiger partial charge is 0.478 e. The Hall–Kier alpha value is -2.05. The summed E-state index contributed by atoms with van der Waals surface area (Å²) in [6.07, 6.45) is 5.37. The Morgan fingerprint density at radius 2 is 2.00 bits per heavy atom. The Bertz CT molecular complexity index is 721. The summed E-state index contributed by atoms with van der Waals surface area (Å²) in [6, 6.07) is 7.24. The second kappa shape index (κ2) is 7.45. The molecule has 1 aliphatic rings. The van der Waals surface area contributed by atoms with Gasteiger partial charge in [-0.1, -0.05) is 11.6 Å². The van der Waals surface area contributed by atoms with Gasteiger partial charge in [0.1, 0.15) is 5.75 Å². The molecule has 134 valence electrons. The third kappa shape index (κ3) is 4.52. The first-order chi connectivity index (χ1) is 11.9. The summed E-state index contributed by atoms with van der Waals surface area (Å²) < 4.78 is 13.1. The van der Waals surface area contributed by atoms with Gasteiger partial charge in [-0.15, -0.1) is 0 Å². The Kier molecular flexibility index (Phi) is 5.30. The summed E-state index contributed by atoms with van der Waals surface area (Å²) >= 11 is 5.87. The number of benzene rings is 1. The van der Waals surface area contributed by atoms with E-state index in [4.69, 9.17) is 21.1 Å². The number of rotatable bonds is 5. The van der Waals surface area contributed by atoms with Crippen LogP contribution in [0.2, 0.25) is 5.02 Å². The molecule has 1 aliphatic heterocycles. The molecule has 2 heterocycles. The number of carbonyl (C=O) groups is 1. The molecule has 0 unspecified atom stereocenters. The standard InChI is InChI=1S/C18H22ClN3O3/c1-18(2,25-16-5-3-13(19)4-6-16)17(23)21-14-11-20-22(12-14)15-7-9-24-10-8-15/h3-6,11-12,15H,7-10H2,1-2H3,(H,21,23). The van der Waals surface area contributed by atoms with Gasteiger partial charge in [-0.3, -0.25) is 9.48 Å². The molecule has 0 spiro atoms. The smallest absolute Gasteiger partial charge is 0.268 e. The highest BCUT2D eigenvalue weighted by atomic mass is 35.5. The van der Waals surface area contributed by atoms with Gasteiger partial charge < -0.3 is 14.8 Å². The molecule has 6 nitrogen and oxygen atoms in total. The van der Waals surface area contributed by atoms with Gasteiger partial charge in [-0.05, 0) is 51.0 Å². The van der Waals surface area contributed by atoms with E-state index < -0.39 is 5.60 Å². The van der Waals surface area contributed by atoms with E-state index in [9.17, 15) is 4.79 Å². The van der Waals surface area contributed by atoms with Crippen molar-refractivity contribution in [1.29, 1.82) is 0 Å². The lowest BCUT2D eigenvalue weighted by atomic mass is 10.1. The lowest BCUT2D eigenvalue weighted by molar-refractivity contribution is -0.128. The van der Waals surface area contributed by atoms with Crippen molar-refractivity contribution in [2.45, 2.75) is 38.3 Å². The molecule has 3 rings (SSSR count). The minimum Gasteiger partial charge on any atom is -0.478 e. The number of hydrogen-bond donors (Lipinski definition) is 1. The fraction of sp³-hybridized carbons (Fsp3) is 0.444. The molecule has 1 N–H and O–H groups in total. The maximum Gasteiger partial charge on any atom is 0.268 e. The third-order valence-corrected chi connectivity index (χ3v) is 4.41. The summed E-state index contributed by atoms with van der Waals surface area (Å²) in [6.45, 7) is 4.93. The average Bonchev–Trinajstić information content (AvgIpc) is 3.06. The molecule has 1 saturated heterocycles. The first-order valence-electron chi connectivity index (χ1n) is 8.32. The van der Waals surface area contributed by atoms with Crippen LogP contribution in [0.15, 0.2) is 36.7 Å². The van der Waals surface area contributed by atoms with Crippen molar-refractivity contribution in [2.24, 2.45) is 0 Å². The number of amides is 1. The van der Waals surface area contributed by atoms with Crippen LogP contribution in [-0.2, 0) is 9.53 Å². The van der Waals surface area contributed by atoms with Crippen molar-refractivity contribution < 1.29 is 14.3 Å². The molecular weight excluding hydrogens is 342 g/mol. The van der Waals surface area contributed by atoms with Crippen LogP contribution in [0, 0.1) is 0 Å². The maximum atomic E-state index is 12.6. The first-order valence-corrected chi connectivity index (χ1v) is 8.70. The quantitative estimate of drug-likeness (QED) is 0.879. The molecule has 25 heavy (non-hydrogen) atoms. The van der Waals surface area contributed by atoms with Crippen molar-refractivity contribution in [1.82, 2.24) is 9.78 Å². The maximum absolute atomic E-state index is 12.6. The zero-order valence-corrected chi connectivity index (χ0v) is 15.1. The number of carbonyl (C=O) groups excluding carboxylic acids is 1. The van der Waals surface area contributed by atoms with Crippen molar-refractivity contribution in [3.05, 3.63) is 41.7 Å². The van der Waals surface area contributed by atoms with Crippen LogP contribution in [0.3, 0.4) is 0 Å². The van der Waals surface area contributed by atoms with Crippen molar-refractivity contribution in [3.63, 3.8) is 0 Å². The molecule has 0 aliphatic carbocycles. The van der Waals surface area contributed by atoms with Crippen molar-refractivity contribution >= 4 is 23.2 Å². The lowest BCUT2D eigenvalue weighted by Crippen LogP contribution is -2.42. The molecule has 0 atom stereocenters. The van der Waals surface area contributed by atoms with Crippen LogP contribution < -0.4 is 10.1 Å². The molecule has 0 bridgehead atoms. The lowest BCUT2D eigenvalue weighted by Gasteiger charge is -2.25. The van der Waals surface area contributed by atoms with E-state index in [-0.39, 0.29) is 5.91 Å². The summed E-state index contributed by atoms with van der Waals surface area (Å²) in [5, 5.41) is 7.85. The SMILES string of the molecule is CC(C)(Oc1ccc(Cl)cc1)C(=O)Nc1cnn(C2CCOCC2)c1. The number of anilines is 1. The highest BCUT2D eigenvalue weighted by Gasteiger charge is 2.30. The van der Waals surface area contributed by atoms with Gasteiger partial charge in [0.2, 0.25) is 0 Å². The number of ether oxygens (including phenoxy) is 2. The Morgan fingerprint density at radius 1 is 1.32 bits per heavy atom. The van der Waals surface area contributed by atoms with E-state index in [1.165, 1.54) is 0 Å². The highest BCUT2D eigenvalue weighted by molar-refractivity contribution is 6.30. The van der Waals surface area contributed by atoms with Gasteiger partial charge in [0.25, 0.3) is 5.91 Å². The van der Waals surface area contributed by atoms with Crippen LogP contribution in [-0.4, -0.2) is 34.5 Å². The van der Waals surface area contributed by atoms with Crippen LogP contribution in [0.5, 0.6) is 5.75 Å². The van der Waals surface area contributed by atoms with E-state index in [1.807, 2.05) is 10.9 Å². The second-order valence-electron chi connectivity index (χ2n) is 6.57. The molecule has 0 radical (unpaired) electrons. The Labute approximate surface area is 152 Å². The van der Waals surface area contributed by atoms with Gasteiger partial charge in [-0.25, -0.2) is 0 Å². The van der Waals surface area contributed by atoms with Gasteiger partial charge in [0, 0.05) is 24.4 Å². The fourth-order valence-corrected chi connectivity index (χ4v) is 2.80. The molecule has 0 saturated carbocycles. The third-order valence-electron chi connectivity index (χ3n) is 4.16. The second-order valence-corrected chi connectivity index (χ2v) is 7.01. The van der Waals surface area contributed by atoms with E-state index in [0.717, 1.165) is 26.1 Å². The topological polar surface area (TPSA) is 65.4 Å². The van der Waals surface area contributed by atoms with Gasteiger partial charge in [0.15, 0.2) is 5.60 Å². The average molecular weight is 364 g/mol. The predicted molar refractivity (Wildman–Crippen MR) is 96.1 cm³/mol. The van der Waals surface area contributed by atoms with Crippen LogP contribution in [0.25, 0.3) is 0 Å². The molecule has 1 fully saturated rings. The normalized spacial score (nSPS) is 15.8. The molecular formula is C18H22ClN3O3. The molecule has 7 heteroatoms. The highest BCUT2D eigenvalue weighted by Crippen LogP contribution is 2.24. The molecule has 2 aromatic rings. The van der Waals surface area contributed by atoms with Crippen LogP contribution in [0.1, 0.15) is 32.7 Å². The first kappa shape index (κ1) is 17.8. The molecule has 1 amide bonds. The monoisotopic (exact) mass is 363 g/mol. The van der Waals surface area contributed by atoms with E-state index in [1.54, 1.807) is 44.3 Å². The summed E-state index contributed by atoms with van der Waals surface area (Å²) in [7, 11) is 0. The number of halogens is 1. The van der Waals surface area contributed by atoms with Crippen LogP contribution in [0.4, 0.5) is 5.69 Å². The summed E-state index contributed by atoms with van der Waals surface area (Å²) in [4.78, 5) is 12.6. The van der Waals surface area contributed by atoms with Gasteiger partial charge in [-0.2, -0.15) is 5.10 Å². The van der Waals surface area contributed by atoms with Crippen LogP contribution >= 0.6 is 11.6 Å². The molecule has 1 aromatic carbocycles. The zero-order valence-electron chi connectivity index (χ0n) is 14.4. The van der Waals surface area contributed by atoms with Gasteiger partial charge in [0.05, 0.1) is 17.9 Å². The molecule has 1 aromatic heterocycles. The Balaban J connectivity index is 1.62. The Morgan fingerprint density at radius 3 is 2.68 bits per heavy atom. The number of nitrogens with one attached hydrogen (secondary N) is 1. The summed E-state index contributed by atoms with van der Waals surface area (Å²) in [5.74, 6) is 0.344. The minimum atomic E-state index is -1.03. The van der Waals surface area contributed by atoms with E-state index in [0.29, 0.717) is 22.5 Å². The van der Waals surface area contributed by atoms with E-state index >= 15 is 0 Å². The predicted octanol–water partition coefficient (Wildman–Crippen LogP) is 3.68. The number of nitrogens with zero attached hydrogens (tertiary/aromatic N) is 2. The minimum absolute atomic E-state index is 0.242. The fourth-order valence-electron chi connectivity index (χ4n) is 2.68. The summed E-state index contributed by atoms with van der Waals surface area (Å²) in [5.41, 5.74) is -0.376. The van der Waals surface area contributed by atoms with Gasteiger partial charge >= 0.3 is 0 Å². The van der Waals surface area contributed by atoms with E-state index in [2.05, 4.69) is 10.4 Å². The zero-order chi connectivity index (χ0) is 17.9. The van der Waals surface area contributed by atoms with Crippen molar-refractivity contribution in [3.8, 4) is 5.75 Å². The van der Waals surface area contributed by atoms with Crippen molar-refractivity contribution in [2.75, 3.05) is 18.5 Å².